The van der Waals surface area contributed by atoms with E-state index in [1.807, 2.05) is 66.7 Å². The number of benzene rings is 4. The van der Waals surface area contributed by atoms with Crippen LogP contribution in [0.3, 0.4) is 0 Å². The van der Waals surface area contributed by atoms with Gasteiger partial charge in [0.2, 0.25) is 5.91 Å². The molecule has 2 fully saturated rings. The van der Waals surface area contributed by atoms with Crippen LogP contribution in [0.4, 0.5) is 22.7 Å². The maximum Gasteiger partial charge on any atom is 0.306 e. The number of hydrogen-bond acceptors (Lipinski definition) is 7. The normalized spacial score (nSPS) is 19.8. The third-order valence-corrected chi connectivity index (χ3v) is 11.7. The number of carboxylic acid groups (broad SMARTS) is 1. The summed E-state index contributed by atoms with van der Waals surface area (Å²) < 4.78 is 0. The predicted octanol–water partition coefficient (Wildman–Crippen LogP) is 7.80. The van der Waals surface area contributed by atoms with E-state index >= 15 is 0 Å². The molecule has 2 aliphatic carbocycles. The molecule has 0 aromatic heterocycles. The highest BCUT2D eigenvalue weighted by Gasteiger charge is 2.28. The zero-order chi connectivity index (χ0) is 38.9. The van der Waals surface area contributed by atoms with Crippen molar-refractivity contribution in [2.24, 2.45) is 11.8 Å². The summed E-state index contributed by atoms with van der Waals surface area (Å²) in [6.45, 7) is 3.28. The van der Waals surface area contributed by atoms with Crippen molar-refractivity contribution in [2.75, 3.05) is 47.0 Å². The maximum atomic E-state index is 12.8. The Balaban J connectivity index is 0.000000155. The molecule has 1 amide bonds. The van der Waals surface area contributed by atoms with Crippen LogP contribution in [0.5, 0.6) is 0 Å². The van der Waals surface area contributed by atoms with Gasteiger partial charge in [0.05, 0.1) is 18.1 Å². The van der Waals surface area contributed by atoms with Gasteiger partial charge in [0.1, 0.15) is 0 Å². The number of nitrogen functional groups attached to an aromatic ring is 1. The minimum atomic E-state index is -0.675. The molecule has 0 radical (unpaired) electrons. The molecule has 4 aliphatic rings. The molecule has 9 nitrogen and oxygen atoms in total. The molecule has 4 aromatic carbocycles. The van der Waals surface area contributed by atoms with Crippen LogP contribution in [0, 0.1) is 11.8 Å². The summed E-state index contributed by atoms with van der Waals surface area (Å²) in [5.74, 6) is -0.750. The Morgan fingerprint density at radius 3 is 1.64 bits per heavy atom. The molecule has 11 heteroatoms. The molecular weight excluding hydrogens is 735 g/mol. The first-order chi connectivity index (χ1) is 26.5. The van der Waals surface area contributed by atoms with E-state index in [1.165, 1.54) is 11.1 Å². The lowest BCUT2D eigenvalue weighted by atomic mass is 9.88. The number of aliphatic hydroxyl groups excluding tert-OH is 2. The Bertz CT molecular complexity index is 1930. The average molecular weight is 788 g/mol. The second-order valence-corrected chi connectivity index (χ2v) is 15.9. The van der Waals surface area contributed by atoms with Crippen LogP contribution in [0.1, 0.15) is 60.8 Å². The Kier molecular flexibility index (Phi) is 14.0. The lowest BCUT2D eigenvalue weighted by Crippen LogP contribution is -2.38. The number of carboxylic acids is 1. The third-order valence-electron chi connectivity index (χ3n) is 11.3. The summed E-state index contributed by atoms with van der Waals surface area (Å²) in [5.41, 5.74) is 14.5. The van der Waals surface area contributed by atoms with Crippen LogP contribution in [0.25, 0.3) is 0 Å². The van der Waals surface area contributed by atoms with E-state index in [2.05, 4.69) is 33.3 Å². The van der Waals surface area contributed by atoms with Gasteiger partial charge < -0.3 is 36.2 Å². The van der Waals surface area contributed by atoms with Gasteiger partial charge in [-0.3, -0.25) is 9.59 Å². The van der Waals surface area contributed by atoms with Gasteiger partial charge in [0.25, 0.3) is 0 Å². The molecule has 0 saturated carbocycles. The number of carbonyl (C=O) groups excluding carboxylic acids is 1. The monoisotopic (exact) mass is 786 g/mol. The molecule has 55 heavy (non-hydrogen) atoms. The number of amides is 1. The molecular formula is C44H52Cl2N4O5. The zero-order valence-electron chi connectivity index (χ0n) is 31.2. The minimum Gasteiger partial charge on any atom is -0.481 e. The fraction of sp³-hybridized carbons (Fsp3) is 0.409. The highest BCUT2D eigenvalue weighted by Crippen LogP contribution is 2.31. The summed E-state index contributed by atoms with van der Waals surface area (Å²) in [7, 11) is 0. The molecule has 6 N–H and O–H groups in total. The van der Waals surface area contributed by atoms with E-state index in [-0.39, 0.29) is 30.0 Å². The fourth-order valence-corrected chi connectivity index (χ4v) is 8.42. The Morgan fingerprint density at radius 2 is 1.11 bits per heavy atom. The number of anilines is 4. The topological polar surface area (TPSA) is 139 Å². The van der Waals surface area contributed by atoms with E-state index in [0.717, 1.165) is 115 Å². The van der Waals surface area contributed by atoms with Crippen LogP contribution in [0.15, 0.2) is 84.9 Å². The quantitative estimate of drug-likeness (QED) is 0.129. The number of nitrogens with one attached hydrogen (secondary N) is 1. The Hall–Kier alpha value is -4.28. The van der Waals surface area contributed by atoms with Gasteiger partial charge in [-0.25, -0.2) is 0 Å². The van der Waals surface area contributed by atoms with Crippen molar-refractivity contribution in [3.05, 3.63) is 117 Å². The first kappa shape index (κ1) is 40.4. The molecule has 2 aliphatic heterocycles. The lowest BCUT2D eigenvalue weighted by Gasteiger charge is -2.33. The van der Waals surface area contributed by atoms with E-state index in [9.17, 15) is 19.8 Å². The van der Waals surface area contributed by atoms with Crippen LogP contribution in [-0.2, 0) is 35.3 Å². The molecule has 2 saturated heterocycles. The third kappa shape index (κ3) is 10.9. The number of hydrogen-bond donors (Lipinski definition) is 5. The van der Waals surface area contributed by atoms with Crippen LogP contribution in [-0.4, -0.2) is 65.6 Å². The number of rotatable bonds is 5. The number of aryl methyl sites for hydroxylation is 2. The molecule has 292 valence electrons. The smallest absolute Gasteiger partial charge is 0.306 e. The van der Waals surface area contributed by atoms with Gasteiger partial charge in [0, 0.05) is 77.7 Å². The first-order valence-electron chi connectivity index (χ1n) is 19.4. The Morgan fingerprint density at radius 1 is 0.636 bits per heavy atom. The highest BCUT2D eigenvalue weighted by atomic mass is 35.5. The zero-order valence-corrected chi connectivity index (χ0v) is 32.7. The van der Waals surface area contributed by atoms with E-state index in [1.54, 1.807) is 0 Å². The molecule has 0 unspecified atom stereocenters. The number of nitrogens with two attached hydrogens (primary N) is 1. The summed E-state index contributed by atoms with van der Waals surface area (Å²) in [6, 6.07) is 27.6. The maximum absolute atomic E-state index is 12.8. The second-order valence-electron chi connectivity index (χ2n) is 15.0. The number of piperidine rings is 2. The number of aliphatic hydroxyl groups is 2. The van der Waals surface area contributed by atoms with Gasteiger partial charge in [-0.05, 0) is 122 Å². The number of fused-ring (bicyclic) bond motifs is 2. The summed E-state index contributed by atoms with van der Waals surface area (Å²) in [5, 5.41) is 32.9. The SMILES string of the molecule is Nc1cccc2c1C[C@H](O)CC2.O=C(Nc1cccc2c1C[C@H](O)CC2)C1CCN(c2cccc(Cl)c2)CC1.O=C(O)C1CCN(c2cccc(Cl)c2)CC1. The summed E-state index contributed by atoms with van der Waals surface area (Å²) in [4.78, 5) is 28.1. The van der Waals surface area contributed by atoms with Crippen molar-refractivity contribution in [2.45, 2.75) is 76.4 Å². The summed E-state index contributed by atoms with van der Waals surface area (Å²) >= 11 is 12.0. The van der Waals surface area contributed by atoms with Crippen molar-refractivity contribution in [1.82, 2.24) is 0 Å². The standard InChI is InChI=1S/C22H25ClN2O2.C12H14ClNO2.C10H13NO/c23-17-4-2-5-18(13-17)25-11-9-16(10-12-25)22(27)24-21-6-1-3-15-7-8-19(26)14-20(15)21;13-10-2-1-3-11(8-10)14-6-4-9(5-7-14)12(15)16;11-10-3-1-2-7-4-5-8(12)6-9(7)10/h1-6,13,16,19,26H,7-12,14H2,(H,24,27);1-3,8-9H,4-7H2,(H,15,16);1-3,8,12H,4-6,11H2/t19-;;8-/m1.1/s1. The fourth-order valence-electron chi connectivity index (χ4n) is 8.05. The molecule has 0 spiro atoms. The van der Waals surface area contributed by atoms with Gasteiger partial charge >= 0.3 is 5.97 Å². The first-order valence-corrected chi connectivity index (χ1v) is 20.2. The number of halogens is 2. The van der Waals surface area contributed by atoms with Crippen molar-refractivity contribution in [3.63, 3.8) is 0 Å². The molecule has 0 bridgehead atoms. The van der Waals surface area contributed by atoms with Crippen LogP contribution in [0.2, 0.25) is 10.0 Å². The average Bonchev–Trinajstić information content (AvgIpc) is 3.19. The Labute approximate surface area is 334 Å². The van der Waals surface area contributed by atoms with Gasteiger partial charge in [0.15, 0.2) is 0 Å². The van der Waals surface area contributed by atoms with E-state index < -0.39 is 5.97 Å². The van der Waals surface area contributed by atoms with Crippen molar-refractivity contribution in [3.8, 4) is 0 Å². The molecule has 2 atom stereocenters. The molecule has 8 rings (SSSR count). The lowest BCUT2D eigenvalue weighted by molar-refractivity contribution is -0.142. The van der Waals surface area contributed by atoms with Crippen LogP contribution < -0.4 is 20.9 Å². The van der Waals surface area contributed by atoms with E-state index in [4.69, 9.17) is 34.0 Å². The number of nitrogens with zero attached hydrogens (tertiary/aromatic N) is 2. The minimum absolute atomic E-state index is 0.0183. The largest absolute Gasteiger partial charge is 0.481 e. The number of aliphatic carboxylic acids is 1. The second kappa shape index (κ2) is 19.0. The van der Waals surface area contributed by atoms with Crippen molar-refractivity contribution >= 4 is 57.8 Å². The summed E-state index contributed by atoms with van der Waals surface area (Å²) in [6.07, 6.45) is 7.43. The molecule has 4 aromatic rings. The number of carbonyl (C=O) groups is 2. The van der Waals surface area contributed by atoms with Crippen LogP contribution >= 0.6 is 23.2 Å². The predicted molar refractivity (Wildman–Crippen MR) is 222 cm³/mol. The van der Waals surface area contributed by atoms with Gasteiger partial charge in [-0.1, -0.05) is 59.6 Å². The van der Waals surface area contributed by atoms with Gasteiger partial charge in [-0.2, -0.15) is 0 Å². The van der Waals surface area contributed by atoms with Crippen molar-refractivity contribution in [1.29, 1.82) is 0 Å². The highest BCUT2D eigenvalue weighted by molar-refractivity contribution is 6.31. The molecule has 2 heterocycles. The van der Waals surface area contributed by atoms with E-state index in [0.29, 0.717) is 19.3 Å². The van der Waals surface area contributed by atoms with Gasteiger partial charge in [-0.15, -0.1) is 0 Å². The van der Waals surface area contributed by atoms with Crippen molar-refractivity contribution < 1.29 is 24.9 Å².